The average molecular weight is 274 g/mol. The van der Waals surface area contributed by atoms with Crippen LogP contribution in [0.25, 0.3) is 0 Å². The lowest BCUT2D eigenvalue weighted by Gasteiger charge is -2.20. The molecule has 0 unspecified atom stereocenters. The van der Waals surface area contributed by atoms with E-state index in [0.29, 0.717) is 11.7 Å². The summed E-state index contributed by atoms with van der Waals surface area (Å²) in [6, 6.07) is 0. The molecule has 0 fully saturated rings. The van der Waals surface area contributed by atoms with Crippen molar-refractivity contribution in [2.75, 3.05) is 20.2 Å². The fourth-order valence-corrected chi connectivity index (χ4v) is 2.09. The first-order chi connectivity index (χ1) is 8.49. The van der Waals surface area contributed by atoms with Crippen molar-refractivity contribution in [3.8, 4) is 0 Å². The van der Waals surface area contributed by atoms with Crippen LogP contribution in [-0.2, 0) is 23.1 Å². The van der Waals surface area contributed by atoms with Crippen LogP contribution in [0, 0.1) is 6.92 Å². The van der Waals surface area contributed by atoms with Crippen LogP contribution >= 0.6 is 11.6 Å². The van der Waals surface area contributed by atoms with E-state index >= 15 is 0 Å². The molecule has 0 aliphatic rings. The summed E-state index contributed by atoms with van der Waals surface area (Å²) in [5, 5.41) is 4.89. The Morgan fingerprint density at radius 1 is 1.56 bits per heavy atom. The molecule has 0 spiro atoms. The Morgan fingerprint density at radius 3 is 2.67 bits per heavy atom. The lowest BCUT2D eigenvalue weighted by atomic mass is 10.2. The molecule has 0 aliphatic carbocycles. The van der Waals surface area contributed by atoms with Crippen LogP contribution in [0.4, 0.5) is 0 Å². The van der Waals surface area contributed by atoms with Crippen LogP contribution in [0.5, 0.6) is 0 Å². The van der Waals surface area contributed by atoms with E-state index in [4.69, 9.17) is 16.3 Å². The van der Waals surface area contributed by atoms with E-state index in [9.17, 15) is 4.79 Å². The second-order valence-electron chi connectivity index (χ2n) is 4.27. The van der Waals surface area contributed by atoms with Crippen molar-refractivity contribution in [2.45, 2.75) is 26.8 Å². The van der Waals surface area contributed by atoms with Crippen molar-refractivity contribution < 1.29 is 9.53 Å². The van der Waals surface area contributed by atoms with Crippen LogP contribution in [-0.4, -0.2) is 40.8 Å². The molecule has 0 aromatic carbocycles. The van der Waals surface area contributed by atoms with E-state index in [0.717, 1.165) is 24.2 Å². The number of aromatic nitrogens is 2. The number of ether oxygens (including phenoxy) is 1. The average Bonchev–Trinajstić information content (AvgIpc) is 2.56. The second kappa shape index (κ2) is 6.75. The number of aryl methyl sites for hydroxylation is 2. The highest BCUT2D eigenvalue weighted by Gasteiger charge is 2.17. The van der Waals surface area contributed by atoms with Gasteiger partial charge in [0.05, 0.1) is 19.3 Å². The predicted molar refractivity (Wildman–Crippen MR) is 70.5 cm³/mol. The van der Waals surface area contributed by atoms with Crippen LogP contribution in [0.15, 0.2) is 0 Å². The molecule has 0 aliphatic heterocycles. The molecule has 0 atom stereocenters. The SMILES string of the molecule is CCCN(CC(=O)OC)Cc1c(C)nn(C)c1Cl. The number of nitrogens with zero attached hydrogens (tertiary/aromatic N) is 3. The molecule has 1 aromatic heterocycles. The van der Waals surface area contributed by atoms with E-state index in [1.807, 2.05) is 18.9 Å². The molecule has 0 saturated heterocycles. The van der Waals surface area contributed by atoms with Gasteiger partial charge in [0.1, 0.15) is 5.15 Å². The first kappa shape index (κ1) is 15.0. The van der Waals surface area contributed by atoms with E-state index in [1.54, 1.807) is 4.68 Å². The van der Waals surface area contributed by atoms with Crippen LogP contribution < -0.4 is 0 Å². The maximum absolute atomic E-state index is 11.3. The Morgan fingerprint density at radius 2 is 2.22 bits per heavy atom. The maximum atomic E-state index is 11.3. The van der Waals surface area contributed by atoms with Gasteiger partial charge in [-0.3, -0.25) is 14.4 Å². The molecule has 5 nitrogen and oxygen atoms in total. The van der Waals surface area contributed by atoms with E-state index in [-0.39, 0.29) is 12.5 Å². The zero-order valence-electron chi connectivity index (χ0n) is 11.4. The standard InChI is InChI=1S/C12H20ClN3O2/c1-5-6-16(8-11(17)18-4)7-10-9(2)14-15(3)12(10)13/h5-8H2,1-4H3. The van der Waals surface area contributed by atoms with Gasteiger partial charge in [0.25, 0.3) is 0 Å². The molecular weight excluding hydrogens is 254 g/mol. The van der Waals surface area contributed by atoms with Gasteiger partial charge in [-0.05, 0) is 19.9 Å². The van der Waals surface area contributed by atoms with Gasteiger partial charge in [0.15, 0.2) is 0 Å². The third-order valence-corrected chi connectivity index (χ3v) is 3.24. The Labute approximate surface area is 113 Å². The molecule has 6 heteroatoms. The van der Waals surface area contributed by atoms with Crippen molar-refractivity contribution in [1.29, 1.82) is 0 Å². The smallest absolute Gasteiger partial charge is 0.319 e. The molecular formula is C12H20ClN3O2. The maximum Gasteiger partial charge on any atom is 0.319 e. The lowest BCUT2D eigenvalue weighted by molar-refractivity contribution is -0.142. The Balaban J connectivity index is 2.79. The molecule has 102 valence electrons. The van der Waals surface area contributed by atoms with Crippen molar-refractivity contribution in [1.82, 2.24) is 14.7 Å². The number of esters is 1. The molecule has 1 heterocycles. The molecule has 0 saturated carbocycles. The predicted octanol–water partition coefficient (Wildman–Crippen LogP) is 1.77. The zero-order valence-corrected chi connectivity index (χ0v) is 12.1. The summed E-state index contributed by atoms with van der Waals surface area (Å²) in [4.78, 5) is 13.4. The highest BCUT2D eigenvalue weighted by molar-refractivity contribution is 6.30. The van der Waals surface area contributed by atoms with Gasteiger partial charge in [-0.2, -0.15) is 5.10 Å². The van der Waals surface area contributed by atoms with Crippen LogP contribution in [0.1, 0.15) is 24.6 Å². The highest BCUT2D eigenvalue weighted by atomic mass is 35.5. The van der Waals surface area contributed by atoms with Crippen LogP contribution in [0.2, 0.25) is 5.15 Å². The van der Waals surface area contributed by atoms with E-state index in [1.165, 1.54) is 7.11 Å². The van der Waals surface area contributed by atoms with Gasteiger partial charge >= 0.3 is 5.97 Å². The Bertz CT molecular complexity index is 418. The molecule has 1 rings (SSSR count). The second-order valence-corrected chi connectivity index (χ2v) is 4.62. The summed E-state index contributed by atoms with van der Waals surface area (Å²) in [6.07, 6.45) is 0.966. The number of hydrogen-bond acceptors (Lipinski definition) is 4. The van der Waals surface area contributed by atoms with Crippen molar-refractivity contribution in [2.24, 2.45) is 7.05 Å². The molecule has 18 heavy (non-hydrogen) atoms. The minimum atomic E-state index is -0.235. The molecule has 0 amide bonds. The molecule has 0 N–H and O–H groups in total. The fraction of sp³-hybridized carbons (Fsp3) is 0.667. The summed E-state index contributed by atoms with van der Waals surface area (Å²) in [6.45, 7) is 5.70. The summed E-state index contributed by atoms with van der Waals surface area (Å²) >= 11 is 6.19. The number of methoxy groups -OCH3 is 1. The number of halogens is 1. The van der Waals surface area contributed by atoms with Gasteiger partial charge < -0.3 is 4.74 Å². The van der Waals surface area contributed by atoms with Crippen molar-refractivity contribution in [3.05, 3.63) is 16.4 Å². The quantitative estimate of drug-likeness (QED) is 0.741. The third-order valence-electron chi connectivity index (χ3n) is 2.77. The topological polar surface area (TPSA) is 47.4 Å². The molecule has 1 aromatic rings. The van der Waals surface area contributed by atoms with Gasteiger partial charge in [-0.15, -0.1) is 0 Å². The number of rotatable bonds is 6. The first-order valence-corrected chi connectivity index (χ1v) is 6.34. The van der Waals surface area contributed by atoms with Gasteiger partial charge in [-0.25, -0.2) is 0 Å². The molecule has 0 radical (unpaired) electrons. The van der Waals surface area contributed by atoms with Gasteiger partial charge in [0, 0.05) is 19.2 Å². The zero-order chi connectivity index (χ0) is 13.7. The van der Waals surface area contributed by atoms with Gasteiger partial charge in [0.2, 0.25) is 0 Å². The Kier molecular flexibility index (Phi) is 5.62. The summed E-state index contributed by atoms with van der Waals surface area (Å²) in [5.74, 6) is -0.235. The molecule has 0 bridgehead atoms. The Hall–Kier alpha value is -1.07. The number of carbonyl (C=O) groups excluding carboxylic acids is 1. The number of carbonyl (C=O) groups is 1. The van der Waals surface area contributed by atoms with E-state index < -0.39 is 0 Å². The fourth-order valence-electron chi connectivity index (χ4n) is 1.85. The van der Waals surface area contributed by atoms with E-state index in [2.05, 4.69) is 12.0 Å². The monoisotopic (exact) mass is 273 g/mol. The summed E-state index contributed by atoms with van der Waals surface area (Å²) in [7, 11) is 3.21. The summed E-state index contributed by atoms with van der Waals surface area (Å²) in [5.41, 5.74) is 1.87. The third kappa shape index (κ3) is 3.71. The first-order valence-electron chi connectivity index (χ1n) is 5.96. The number of hydrogen-bond donors (Lipinski definition) is 0. The minimum Gasteiger partial charge on any atom is -0.468 e. The van der Waals surface area contributed by atoms with Gasteiger partial charge in [-0.1, -0.05) is 18.5 Å². The largest absolute Gasteiger partial charge is 0.468 e. The van der Waals surface area contributed by atoms with Crippen molar-refractivity contribution >= 4 is 17.6 Å². The minimum absolute atomic E-state index is 0.235. The van der Waals surface area contributed by atoms with Crippen molar-refractivity contribution in [3.63, 3.8) is 0 Å². The summed E-state index contributed by atoms with van der Waals surface area (Å²) < 4.78 is 6.34. The normalized spacial score (nSPS) is 11.0. The van der Waals surface area contributed by atoms with Crippen LogP contribution in [0.3, 0.4) is 0 Å². The highest BCUT2D eigenvalue weighted by Crippen LogP contribution is 2.20. The lowest BCUT2D eigenvalue weighted by Crippen LogP contribution is -2.31.